The van der Waals surface area contributed by atoms with Crippen LogP contribution in [0.4, 0.5) is 0 Å². The van der Waals surface area contributed by atoms with Gasteiger partial charge in [0.25, 0.3) is 0 Å². The second-order valence-corrected chi connectivity index (χ2v) is 6.84. The molecule has 4 heteroatoms. The maximum Gasteiger partial charge on any atom is 0.226 e. The highest BCUT2D eigenvalue weighted by Crippen LogP contribution is 2.26. The lowest BCUT2D eigenvalue weighted by Gasteiger charge is -2.28. The van der Waals surface area contributed by atoms with Crippen LogP contribution in [0.1, 0.15) is 46.1 Å². The molecule has 0 unspecified atom stereocenters. The zero-order chi connectivity index (χ0) is 16.8. The number of pyridine rings is 1. The Hall–Kier alpha value is -2.20. The van der Waals surface area contributed by atoms with E-state index in [9.17, 15) is 4.79 Å². The number of rotatable bonds is 5. The Morgan fingerprint density at radius 1 is 1.12 bits per heavy atom. The van der Waals surface area contributed by atoms with Crippen LogP contribution in [0, 0.1) is 5.92 Å². The molecule has 1 aliphatic rings. The number of benzene rings is 1. The Labute approximate surface area is 151 Å². The van der Waals surface area contributed by atoms with E-state index in [1.165, 1.54) is 32.1 Å². The molecular weight excluding hydrogens is 312 g/mol. The number of carbonyl (C=O) groups is 1. The van der Waals surface area contributed by atoms with Gasteiger partial charge in [0.15, 0.2) is 0 Å². The van der Waals surface area contributed by atoms with Gasteiger partial charge in [-0.05, 0) is 37.3 Å². The highest BCUT2D eigenvalue weighted by Gasteiger charge is 2.21. The second-order valence-electron chi connectivity index (χ2n) is 6.84. The van der Waals surface area contributed by atoms with Gasteiger partial charge in [-0.2, -0.15) is 0 Å². The van der Waals surface area contributed by atoms with Crippen LogP contribution in [0.25, 0.3) is 11.1 Å². The smallest absolute Gasteiger partial charge is 0.226 e. The lowest BCUT2D eigenvalue weighted by Crippen LogP contribution is -2.39. The van der Waals surface area contributed by atoms with Gasteiger partial charge in [0, 0.05) is 24.9 Å². The fourth-order valence-electron chi connectivity index (χ4n) is 3.55. The molecule has 1 saturated carbocycles. The number of hydrogen-bond donors (Lipinski definition) is 1. The molecule has 3 rings (SSSR count). The monoisotopic (exact) mass is 342 g/mol. The molecule has 1 aromatic heterocycles. The second kappa shape index (κ2) is 9.33. The van der Waals surface area contributed by atoms with Crippen molar-refractivity contribution in [3.05, 3.63) is 54.4 Å². The molecule has 1 aliphatic carbocycles. The normalized spacial score (nSPS) is 15.9. The number of nitrogens with one attached hydrogen (secondary N) is 1. The molecule has 0 saturated heterocycles. The van der Waals surface area contributed by atoms with E-state index in [1.807, 2.05) is 36.5 Å². The molecular formula is C21H30N2O2. The summed E-state index contributed by atoms with van der Waals surface area (Å²) in [5.41, 5.74) is 3.05. The SMILES string of the molecule is C[C@@H](NC(=O)Cc1ccc(-c2ccccc2)cn1)C1CCCCC1.O.[HH]. The summed E-state index contributed by atoms with van der Waals surface area (Å²) in [5.74, 6) is 0.712. The van der Waals surface area contributed by atoms with Crippen molar-refractivity contribution in [1.82, 2.24) is 10.3 Å². The van der Waals surface area contributed by atoms with Crippen molar-refractivity contribution < 1.29 is 11.7 Å². The third-order valence-corrected chi connectivity index (χ3v) is 5.02. The van der Waals surface area contributed by atoms with Gasteiger partial charge in [-0.3, -0.25) is 9.78 Å². The molecule has 1 fully saturated rings. The zero-order valence-electron chi connectivity index (χ0n) is 14.9. The molecule has 0 spiro atoms. The van der Waals surface area contributed by atoms with Gasteiger partial charge in [0.1, 0.15) is 0 Å². The van der Waals surface area contributed by atoms with Gasteiger partial charge in [-0.15, -0.1) is 0 Å². The average Bonchev–Trinajstić information content (AvgIpc) is 2.64. The summed E-state index contributed by atoms with van der Waals surface area (Å²) < 4.78 is 0. The summed E-state index contributed by atoms with van der Waals surface area (Å²) in [5, 5.41) is 3.17. The summed E-state index contributed by atoms with van der Waals surface area (Å²) in [4.78, 5) is 16.7. The minimum absolute atomic E-state index is 0. The van der Waals surface area contributed by atoms with Gasteiger partial charge >= 0.3 is 0 Å². The lowest BCUT2D eigenvalue weighted by molar-refractivity contribution is -0.121. The maximum atomic E-state index is 12.3. The number of amides is 1. The van der Waals surface area contributed by atoms with Crippen molar-refractivity contribution in [2.75, 3.05) is 0 Å². The third kappa shape index (κ3) is 5.40. The standard InChI is InChI=1S/C21H26N2O.H2O.H2/c1-16(17-8-4-2-5-9-17)23-21(24)14-20-13-12-19(15-22-20)18-10-6-3-7-11-18;;/h3,6-7,10-13,15-17H,2,4-5,8-9,14H2,1H3,(H,23,24);1H2;1H/t16-;;/m1../s1. The lowest BCUT2D eigenvalue weighted by atomic mass is 9.84. The van der Waals surface area contributed by atoms with E-state index >= 15 is 0 Å². The van der Waals surface area contributed by atoms with E-state index in [0.29, 0.717) is 12.3 Å². The van der Waals surface area contributed by atoms with Crippen LogP contribution >= 0.6 is 0 Å². The van der Waals surface area contributed by atoms with Gasteiger partial charge in [0.2, 0.25) is 5.91 Å². The van der Waals surface area contributed by atoms with Crippen LogP contribution in [0.2, 0.25) is 0 Å². The minimum atomic E-state index is 0. The molecule has 3 N–H and O–H groups in total. The average molecular weight is 342 g/mol. The molecule has 25 heavy (non-hydrogen) atoms. The molecule has 1 amide bonds. The number of hydrogen-bond acceptors (Lipinski definition) is 2. The summed E-state index contributed by atoms with van der Waals surface area (Å²) in [6.07, 6.45) is 8.63. The number of carbonyl (C=O) groups excluding carboxylic acids is 1. The van der Waals surface area contributed by atoms with Crippen molar-refractivity contribution in [1.29, 1.82) is 0 Å². The summed E-state index contributed by atoms with van der Waals surface area (Å²) in [7, 11) is 0. The molecule has 1 aromatic carbocycles. The van der Waals surface area contributed by atoms with Crippen LogP contribution in [0.3, 0.4) is 0 Å². The number of aromatic nitrogens is 1. The first-order chi connectivity index (χ1) is 11.7. The molecule has 1 heterocycles. The predicted octanol–water partition coefficient (Wildman–Crippen LogP) is 3.80. The Morgan fingerprint density at radius 3 is 2.48 bits per heavy atom. The van der Waals surface area contributed by atoms with Gasteiger partial charge in [-0.25, -0.2) is 0 Å². The molecule has 1 atom stereocenters. The van der Waals surface area contributed by atoms with Crippen LogP contribution in [-0.2, 0) is 11.2 Å². The zero-order valence-corrected chi connectivity index (χ0v) is 14.9. The summed E-state index contributed by atoms with van der Waals surface area (Å²) >= 11 is 0. The molecule has 0 aliphatic heterocycles. The van der Waals surface area contributed by atoms with Gasteiger partial charge < -0.3 is 10.8 Å². The van der Waals surface area contributed by atoms with Crippen molar-refractivity contribution in [3.8, 4) is 11.1 Å². The highest BCUT2D eigenvalue weighted by atomic mass is 16.1. The molecule has 0 radical (unpaired) electrons. The van der Waals surface area contributed by atoms with Crippen molar-refractivity contribution >= 4 is 5.91 Å². The molecule has 4 nitrogen and oxygen atoms in total. The first kappa shape index (κ1) is 19.1. The Bertz CT molecular complexity index is 655. The maximum absolute atomic E-state index is 12.3. The Morgan fingerprint density at radius 2 is 1.84 bits per heavy atom. The fraction of sp³-hybridized carbons (Fsp3) is 0.429. The molecule has 0 bridgehead atoms. The topological polar surface area (TPSA) is 73.5 Å². The van der Waals surface area contributed by atoms with Crippen LogP contribution < -0.4 is 5.32 Å². The van der Waals surface area contributed by atoms with E-state index in [0.717, 1.165) is 16.8 Å². The Balaban J connectivity index is 0.00000169. The quantitative estimate of drug-likeness (QED) is 0.897. The molecule has 136 valence electrons. The van der Waals surface area contributed by atoms with Crippen molar-refractivity contribution in [2.45, 2.75) is 51.5 Å². The highest BCUT2D eigenvalue weighted by molar-refractivity contribution is 5.78. The number of nitrogens with zero attached hydrogens (tertiary/aromatic N) is 1. The summed E-state index contributed by atoms with van der Waals surface area (Å²) in [6.45, 7) is 2.14. The minimum Gasteiger partial charge on any atom is -0.412 e. The van der Waals surface area contributed by atoms with Crippen molar-refractivity contribution in [3.63, 3.8) is 0 Å². The van der Waals surface area contributed by atoms with Crippen molar-refractivity contribution in [2.24, 2.45) is 5.92 Å². The van der Waals surface area contributed by atoms with E-state index in [2.05, 4.69) is 29.4 Å². The van der Waals surface area contributed by atoms with E-state index < -0.39 is 0 Å². The largest absolute Gasteiger partial charge is 0.412 e. The van der Waals surface area contributed by atoms with Gasteiger partial charge in [0.05, 0.1) is 6.42 Å². The first-order valence-corrected chi connectivity index (χ1v) is 9.02. The van der Waals surface area contributed by atoms with E-state index in [1.54, 1.807) is 0 Å². The van der Waals surface area contributed by atoms with Crippen LogP contribution in [0.5, 0.6) is 0 Å². The summed E-state index contributed by atoms with van der Waals surface area (Å²) in [6, 6.07) is 14.4. The predicted molar refractivity (Wildman–Crippen MR) is 103 cm³/mol. The Kier molecular flexibility index (Phi) is 7.14. The molecule has 2 aromatic rings. The van der Waals surface area contributed by atoms with Crippen LogP contribution in [0.15, 0.2) is 48.7 Å². The van der Waals surface area contributed by atoms with Gasteiger partial charge in [-0.1, -0.05) is 55.7 Å². The van der Waals surface area contributed by atoms with E-state index in [4.69, 9.17) is 0 Å². The van der Waals surface area contributed by atoms with Crippen LogP contribution in [-0.4, -0.2) is 22.4 Å². The first-order valence-electron chi connectivity index (χ1n) is 9.02. The fourth-order valence-corrected chi connectivity index (χ4v) is 3.55. The third-order valence-electron chi connectivity index (χ3n) is 5.02. The van der Waals surface area contributed by atoms with E-state index in [-0.39, 0.29) is 18.9 Å².